The highest BCUT2D eigenvalue weighted by Gasteiger charge is 2.17. The zero-order valence-corrected chi connectivity index (χ0v) is 15.3. The number of rotatable bonds is 4. The molecule has 1 heterocycles. The summed E-state index contributed by atoms with van der Waals surface area (Å²) in [5.74, 6) is -1.68. The van der Waals surface area contributed by atoms with Gasteiger partial charge in [0, 0.05) is 17.0 Å². The minimum Gasteiger partial charge on any atom is -0.496 e. The van der Waals surface area contributed by atoms with Gasteiger partial charge in [-0.15, -0.1) is 0 Å². The molecular weight excluding hydrogens is 381 g/mol. The second-order valence-electron chi connectivity index (χ2n) is 6.43. The number of nitrogens with zero attached hydrogens (tertiary/aromatic N) is 2. The van der Waals surface area contributed by atoms with E-state index in [9.17, 15) is 18.0 Å². The van der Waals surface area contributed by atoms with Gasteiger partial charge in [0.2, 0.25) is 5.43 Å². The fraction of sp³-hybridized carbons (Fsp3) is 0.0909. The van der Waals surface area contributed by atoms with Crippen LogP contribution in [-0.2, 0) is 6.54 Å². The van der Waals surface area contributed by atoms with E-state index in [4.69, 9.17) is 4.74 Å². The molecule has 29 heavy (non-hydrogen) atoms. The molecule has 0 aliphatic carbocycles. The van der Waals surface area contributed by atoms with Crippen molar-refractivity contribution in [3.8, 4) is 17.0 Å². The summed E-state index contributed by atoms with van der Waals surface area (Å²) in [7, 11) is 1.41. The summed E-state index contributed by atoms with van der Waals surface area (Å²) < 4.78 is 48.0. The number of ether oxygens (including phenoxy) is 1. The molecule has 4 aromatic rings. The maximum absolute atomic E-state index is 14.2. The van der Waals surface area contributed by atoms with Gasteiger partial charge in [0.15, 0.2) is 0 Å². The molecule has 0 atom stereocenters. The Morgan fingerprint density at radius 2 is 1.69 bits per heavy atom. The third-order valence-electron chi connectivity index (χ3n) is 4.61. The van der Waals surface area contributed by atoms with Crippen LogP contribution in [0.25, 0.3) is 22.2 Å². The Morgan fingerprint density at radius 3 is 2.45 bits per heavy atom. The Hall–Kier alpha value is -3.61. The van der Waals surface area contributed by atoms with Crippen LogP contribution in [0, 0.1) is 17.5 Å². The van der Waals surface area contributed by atoms with E-state index in [1.807, 2.05) is 0 Å². The third-order valence-corrected chi connectivity index (χ3v) is 4.61. The first-order valence-electron chi connectivity index (χ1n) is 8.75. The van der Waals surface area contributed by atoms with E-state index >= 15 is 0 Å². The largest absolute Gasteiger partial charge is 0.496 e. The Bertz CT molecular complexity index is 1290. The van der Waals surface area contributed by atoms with Crippen molar-refractivity contribution in [2.45, 2.75) is 6.54 Å². The summed E-state index contributed by atoms with van der Waals surface area (Å²) in [6, 6.07) is 13.8. The first-order chi connectivity index (χ1) is 14.0. The molecule has 146 valence electrons. The van der Waals surface area contributed by atoms with Crippen LogP contribution >= 0.6 is 0 Å². The van der Waals surface area contributed by atoms with Crippen molar-refractivity contribution in [1.82, 2.24) is 9.78 Å². The van der Waals surface area contributed by atoms with Gasteiger partial charge in [-0.3, -0.25) is 9.48 Å². The molecule has 0 amide bonds. The van der Waals surface area contributed by atoms with Gasteiger partial charge in [0.25, 0.3) is 0 Å². The number of hydrogen-bond donors (Lipinski definition) is 0. The van der Waals surface area contributed by atoms with Gasteiger partial charge in [-0.25, -0.2) is 13.2 Å². The fourth-order valence-electron chi connectivity index (χ4n) is 3.21. The zero-order valence-electron chi connectivity index (χ0n) is 15.3. The monoisotopic (exact) mass is 396 g/mol. The lowest BCUT2D eigenvalue weighted by atomic mass is 10.1. The average Bonchev–Trinajstić information content (AvgIpc) is 2.72. The molecule has 0 aliphatic heterocycles. The summed E-state index contributed by atoms with van der Waals surface area (Å²) in [6.07, 6.45) is 0. The molecule has 0 radical (unpaired) electrons. The summed E-state index contributed by atoms with van der Waals surface area (Å²) in [6.45, 7) is -0.0441. The van der Waals surface area contributed by atoms with Crippen molar-refractivity contribution in [3.05, 3.63) is 93.9 Å². The van der Waals surface area contributed by atoms with Crippen LogP contribution in [-0.4, -0.2) is 16.9 Å². The van der Waals surface area contributed by atoms with Gasteiger partial charge in [-0.2, -0.15) is 5.10 Å². The second kappa shape index (κ2) is 7.43. The molecule has 0 aliphatic rings. The van der Waals surface area contributed by atoms with E-state index < -0.39 is 22.9 Å². The molecule has 0 spiro atoms. The molecule has 7 heteroatoms. The number of hydrogen-bond acceptors (Lipinski definition) is 3. The van der Waals surface area contributed by atoms with Crippen LogP contribution in [0.15, 0.2) is 65.5 Å². The Morgan fingerprint density at radius 1 is 0.966 bits per heavy atom. The van der Waals surface area contributed by atoms with Gasteiger partial charge in [-0.05, 0) is 36.4 Å². The Balaban J connectivity index is 1.97. The minimum atomic E-state index is -0.723. The number of benzene rings is 3. The normalized spacial score (nSPS) is 11.0. The maximum Gasteiger partial charge on any atom is 0.216 e. The average molecular weight is 396 g/mol. The smallest absolute Gasteiger partial charge is 0.216 e. The summed E-state index contributed by atoms with van der Waals surface area (Å²) in [4.78, 5) is 13.0. The molecule has 0 N–H and O–H groups in total. The summed E-state index contributed by atoms with van der Waals surface area (Å²) in [5.41, 5.74) is 0.435. The van der Waals surface area contributed by atoms with E-state index in [0.29, 0.717) is 10.9 Å². The first-order valence-corrected chi connectivity index (χ1v) is 8.75. The molecule has 0 saturated heterocycles. The standard InChI is InChI=1S/C22H15F3N2O2/c1-29-20-9-8-14(23)10-17(20)21-22(28)16-4-2-3-5-19(16)27(26-21)12-13-6-7-15(24)11-18(13)25/h2-11H,12H2,1H3. The van der Waals surface area contributed by atoms with E-state index in [1.54, 1.807) is 24.3 Å². The Labute approximate surface area is 163 Å². The van der Waals surface area contributed by atoms with Crippen molar-refractivity contribution in [1.29, 1.82) is 0 Å². The molecule has 1 aromatic heterocycles. The van der Waals surface area contributed by atoms with Crippen LogP contribution in [0.5, 0.6) is 5.75 Å². The van der Waals surface area contributed by atoms with Crippen molar-refractivity contribution in [3.63, 3.8) is 0 Å². The Kier molecular flexibility index (Phi) is 4.80. The van der Waals surface area contributed by atoms with Crippen molar-refractivity contribution >= 4 is 10.9 Å². The number of halogens is 3. The second-order valence-corrected chi connectivity index (χ2v) is 6.43. The quantitative estimate of drug-likeness (QED) is 0.509. The molecule has 4 nitrogen and oxygen atoms in total. The lowest BCUT2D eigenvalue weighted by Gasteiger charge is -2.14. The predicted octanol–water partition coefficient (Wildman–Crippen LogP) is 4.54. The van der Waals surface area contributed by atoms with E-state index in [2.05, 4.69) is 5.10 Å². The molecular formula is C22H15F3N2O2. The van der Waals surface area contributed by atoms with Gasteiger partial charge in [0.05, 0.1) is 24.7 Å². The van der Waals surface area contributed by atoms with Crippen LogP contribution in [0.1, 0.15) is 5.56 Å². The number of aromatic nitrogens is 2. The minimum absolute atomic E-state index is 0.0254. The number of fused-ring (bicyclic) bond motifs is 1. The lowest BCUT2D eigenvalue weighted by Crippen LogP contribution is -2.18. The summed E-state index contributed by atoms with van der Waals surface area (Å²) in [5, 5.41) is 4.72. The van der Waals surface area contributed by atoms with Crippen molar-refractivity contribution in [2.24, 2.45) is 0 Å². The van der Waals surface area contributed by atoms with Gasteiger partial charge >= 0.3 is 0 Å². The maximum atomic E-state index is 14.2. The van der Waals surface area contributed by atoms with Crippen molar-refractivity contribution in [2.75, 3.05) is 7.11 Å². The van der Waals surface area contributed by atoms with Crippen molar-refractivity contribution < 1.29 is 17.9 Å². The van der Waals surface area contributed by atoms with Crippen LogP contribution < -0.4 is 10.2 Å². The van der Waals surface area contributed by atoms with Crippen LogP contribution in [0.3, 0.4) is 0 Å². The molecule has 4 rings (SSSR count). The molecule has 3 aromatic carbocycles. The lowest BCUT2D eigenvalue weighted by molar-refractivity contribution is 0.415. The predicted molar refractivity (Wildman–Crippen MR) is 103 cm³/mol. The van der Waals surface area contributed by atoms with E-state index in [1.165, 1.54) is 36.1 Å². The highest BCUT2D eigenvalue weighted by Crippen LogP contribution is 2.28. The molecule has 0 bridgehead atoms. The highest BCUT2D eigenvalue weighted by molar-refractivity contribution is 5.83. The van der Waals surface area contributed by atoms with Crippen LogP contribution in [0.4, 0.5) is 13.2 Å². The fourth-order valence-corrected chi connectivity index (χ4v) is 3.21. The SMILES string of the molecule is COc1ccc(F)cc1-c1nn(Cc2ccc(F)cc2F)c2ccccc2c1=O. The highest BCUT2D eigenvalue weighted by atomic mass is 19.1. The third kappa shape index (κ3) is 3.47. The number of para-hydroxylation sites is 1. The summed E-state index contributed by atoms with van der Waals surface area (Å²) >= 11 is 0. The van der Waals surface area contributed by atoms with Gasteiger partial charge < -0.3 is 4.74 Å². The molecule has 0 saturated carbocycles. The molecule has 0 fully saturated rings. The first kappa shape index (κ1) is 18.7. The van der Waals surface area contributed by atoms with E-state index in [0.717, 1.165) is 12.1 Å². The topological polar surface area (TPSA) is 44.1 Å². The van der Waals surface area contributed by atoms with Gasteiger partial charge in [-0.1, -0.05) is 18.2 Å². The molecule has 0 unspecified atom stereocenters. The van der Waals surface area contributed by atoms with Gasteiger partial charge in [0.1, 0.15) is 28.9 Å². The van der Waals surface area contributed by atoms with E-state index in [-0.39, 0.29) is 29.1 Å². The zero-order chi connectivity index (χ0) is 20.5. The number of methoxy groups -OCH3 is 1. The van der Waals surface area contributed by atoms with Crippen LogP contribution in [0.2, 0.25) is 0 Å².